The molecule has 0 spiro atoms. The molecule has 6 heteroatoms. The number of carbonyl (C=O) groups excluding carboxylic acids is 1. The summed E-state index contributed by atoms with van der Waals surface area (Å²) in [5.41, 5.74) is -1.24. The molecule has 0 saturated carbocycles. The molecule has 0 aliphatic rings. The fourth-order valence-corrected chi connectivity index (χ4v) is 2.65. The van der Waals surface area contributed by atoms with Crippen LogP contribution in [0.1, 0.15) is 52.9 Å². The van der Waals surface area contributed by atoms with Gasteiger partial charge in [-0.15, -0.1) is 11.3 Å². The van der Waals surface area contributed by atoms with E-state index in [0.29, 0.717) is 16.6 Å². The van der Waals surface area contributed by atoms with E-state index in [9.17, 15) is 9.90 Å². The van der Waals surface area contributed by atoms with Gasteiger partial charge < -0.3 is 14.8 Å². The summed E-state index contributed by atoms with van der Waals surface area (Å²) in [6, 6.07) is 3.49. The first-order valence-corrected chi connectivity index (χ1v) is 7.64. The van der Waals surface area contributed by atoms with Crippen LogP contribution < -0.4 is 5.32 Å². The van der Waals surface area contributed by atoms with E-state index in [2.05, 4.69) is 10.3 Å². The van der Waals surface area contributed by atoms with E-state index in [1.54, 1.807) is 25.3 Å². The van der Waals surface area contributed by atoms with Gasteiger partial charge in [0, 0.05) is 5.92 Å². The van der Waals surface area contributed by atoms with Crippen molar-refractivity contribution in [1.29, 1.82) is 0 Å². The molecule has 2 aromatic heterocycles. The molecule has 0 bridgehead atoms. The SMILES string of the molecule is Cc1ccc(C(C)(O)CNC(=O)c2cnc(C(C)C)s2)o1. The van der Waals surface area contributed by atoms with Gasteiger partial charge >= 0.3 is 0 Å². The summed E-state index contributed by atoms with van der Waals surface area (Å²) in [7, 11) is 0. The summed E-state index contributed by atoms with van der Waals surface area (Å²) in [5.74, 6) is 1.22. The van der Waals surface area contributed by atoms with Crippen LogP contribution in [0, 0.1) is 6.92 Å². The van der Waals surface area contributed by atoms with E-state index in [4.69, 9.17) is 4.42 Å². The first-order valence-electron chi connectivity index (χ1n) is 6.83. The van der Waals surface area contributed by atoms with Gasteiger partial charge in [-0.3, -0.25) is 4.79 Å². The predicted molar refractivity (Wildman–Crippen MR) is 81.6 cm³/mol. The molecule has 2 heterocycles. The Hall–Kier alpha value is -1.66. The number of amides is 1. The molecule has 0 aliphatic carbocycles. The zero-order valence-electron chi connectivity index (χ0n) is 12.6. The minimum absolute atomic E-state index is 0.0771. The molecule has 1 atom stereocenters. The number of furan rings is 1. The van der Waals surface area contributed by atoms with Gasteiger partial charge in [-0.05, 0) is 26.0 Å². The lowest BCUT2D eigenvalue weighted by atomic mass is 10.0. The summed E-state index contributed by atoms with van der Waals surface area (Å²) in [6.45, 7) is 7.56. The van der Waals surface area contributed by atoms with Crippen molar-refractivity contribution in [3.63, 3.8) is 0 Å². The maximum Gasteiger partial charge on any atom is 0.263 e. The van der Waals surface area contributed by atoms with E-state index in [0.717, 1.165) is 10.8 Å². The van der Waals surface area contributed by atoms with Crippen molar-refractivity contribution >= 4 is 17.2 Å². The number of aryl methyl sites for hydroxylation is 1. The molecular formula is C15H20N2O3S. The second-order valence-corrected chi connectivity index (χ2v) is 6.65. The molecule has 5 nitrogen and oxygen atoms in total. The summed E-state index contributed by atoms with van der Waals surface area (Å²) in [4.78, 5) is 16.8. The highest BCUT2D eigenvalue weighted by atomic mass is 32.1. The van der Waals surface area contributed by atoms with Crippen LogP contribution in [-0.4, -0.2) is 22.5 Å². The zero-order chi connectivity index (χ0) is 15.6. The number of carbonyl (C=O) groups is 1. The first-order chi connectivity index (χ1) is 9.79. The number of hydrogen-bond donors (Lipinski definition) is 2. The third-order valence-corrected chi connectivity index (χ3v) is 4.40. The topological polar surface area (TPSA) is 75.4 Å². The molecule has 114 valence electrons. The van der Waals surface area contributed by atoms with Gasteiger partial charge in [0.15, 0.2) is 0 Å². The van der Waals surface area contributed by atoms with Crippen LogP contribution >= 0.6 is 11.3 Å². The number of aliphatic hydroxyl groups is 1. The van der Waals surface area contributed by atoms with Gasteiger partial charge in [0.1, 0.15) is 22.0 Å². The second kappa shape index (κ2) is 5.99. The van der Waals surface area contributed by atoms with Crippen LogP contribution in [-0.2, 0) is 5.60 Å². The Balaban J connectivity index is 1.99. The molecule has 2 aromatic rings. The second-order valence-electron chi connectivity index (χ2n) is 5.58. The molecule has 1 unspecified atom stereocenters. The Morgan fingerprint density at radius 3 is 2.76 bits per heavy atom. The minimum Gasteiger partial charge on any atom is -0.463 e. The van der Waals surface area contributed by atoms with Crippen molar-refractivity contribution in [3.05, 3.63) is 39.7 Å². The van der Waals surface area contributed by atoms with Crippen LogP contribution in [0.25, 0.3) is 0 Å². The summed E-state index contributed by atoms with van der Waals surface area (Å²) in [5, 5.41) is 14.0. The number of aromatic nitrogens is 1. The lowest BCUT2D eigenvalue weighted by Crippen LogP contribution is -2.38. The van der Waals surface area contributed by atoms with Gasteiger partial charge in [-0.1, -0.05) is 13.8 Å². The zero-order valence-corrected chi connectivity index (χ0v) is 13.5. The molecule has 2 N–H and O–H groups in total. The third kappa shape index (κ3) is 3.71. The highest BCUT2D eigenvalue weighted by Crippen LogP contribution is 2.23. The van der Waals surface area contributed by atoms with Crippen molar-refractivity contribution in [2.45, 2.75) is 39.2 Å². The summed E-state index contributed by atoms with van der Waals surface area (Å²) >= 11 is 1.37. The number of thiazole rings is 1. The van der Waals surface area contributed by atoms with Crippen molar-refractivity contribution in [2.24, 2.45) is 0 Å². The molecule has 0 aliphatic heterocycles. The fraction of sp³-hybridized carbons (Fsp3) is 0.467. The minimum atomic E-state index is -1.24. The number of nitrogens with one attached hydrogen (secondary N) is 1. The van der Waals surface area contributed by atoms with Crippen LogP contribution in [0.2, 0.25) is 0 Å². The Labute approximate surface area is 128 Å². The molecular weight excluding hydrogens is 288 g/mol. The van der Waals surface area contributed by atoms with Crippen LogP contribution in [0.5, 0.6) is 0 Å². The Bertz CT molecular complexity index is 628. The number of nitrogens with zero attached hydrogens (tertiary/aromatic N) is 1. The van der Waals surface area contributed by atoms with Gasteiger partial charge in [0.25, 0.3) is 5.91 Å². The van der Waals surface area contributed by atoms with E-state index >= 15 is 0 Å². The highest BCUT2D eigenvalue weighted by molar-refractivity contribution is 7.13. The van der Waals surface area contributed by atoms with Gasteiger partial charge in [0.2, 0.25) is 0 Å². The van der Waals surface area contributed by atoms with E-state index in [-0.39, 0.29) is 12.5 Å². The smallest absolute Gasteiger partial charge is 0.263 e. The molecule has 0 radical (unpaired) electrons. The van der Waals surface area contributed by atoms with Crippen molar-refractivity contribution < 1.29 is 14.3 Å². The Kier molecular flexibility index (Phi) is 4.49. The largest absolute Gasteiger partial charge is 0.463 e. The predicted octanol–water partition coefficient (Wildman–Crippen LogP) is 2.81. The first kappa shape index (κ1) is 15.7. The van der Waals surface area contributed by atoms with E-state index < -0.39 is 5.60 Å². The normalized spacial score (nSPS) is 14.2. The fourth-order valence-electron chi connectivity index (χ4n) is 1.81. The summed E-state index contributed by atoms with van der Waals surface area (Å²) in [6.07, 6.45) is 1.57. The van der Waals surface area contributed by atoms with E-state index in [1.165, 1.54) is 11.3 Å². The third-order valence-electron chi connectivity index (χ3n) is 3.11. The van der Waals surface area contributed by atoms with Gasteiger partial charge in [0.05, 0.1) is 17.7 Å². The average Bonchev–Trinajstić information content (AvgIpc) is 3.04. The Morgan fingerprint density at radius 2 is 2.24 bits per heavy atom. The molecule has 1 amide bonds. The molecule has 0 aromatic carbocycles. The number of hydrogen-bond acceptors (Lipinski definition) is 5. The lowest BCUT2D eigenvalue weighted by molar-refractivity contribution is 0.0324. The Morgan fingerprint density at radius 1 is 1.52 bits per heavy atom. The molecule has 2 rings (SSSR count). The van der Waals surface area contributed by atoms with Gasteiger partial charge in [-0.25, -0.2) is 4.98 Å². The quantitative estimate of drug-likeness (QED) is 0.890. The van der Waals surface area contributed by atoms with Crippen molar-refractivity contribution in [3.8, 4) is 0 Å². The lowest BCUT2D eigenvalue weighted by Gasteiger charge is -2.20. The summed E-state index contributed by atoms with van der Waals surface area (Å²) < 4.78 is 5.41. The molecule has 0 saturated heterocycles. The monoisotopic (exact) mass is 308 g/mol. The van der Waals surface area contributed by atoms with Crippen LogP contribution in [0.3, 0.4) is 0 Å². The highest BCUT2D eigenvalue weighted by Gasteiger charge is 2.28. The van der Waals surface area contributed by atoms with Crippen LogP contribution in [0.15, 0.2) is 22.7 Å². The van der Waals surface area contributed by atoms with Crippen molar-refractivity contribution in [2.75, 3.05) is 6.54 Å². The molecule has 0 fully saturated rings. The number of rotatable bonds is 5. The molecule has 21 heavy (non-hydrogen) atoms. The van der Waals surface area contributed by atoms with Gasteiger partial charge in [-0.2, -0.15) is 0 Å². The van der Waals surface area contributed by atoms with E-state index in [1.807, 2.05) is 20.8 Å². The van der Waals surface area contributed by atoms with Crippen molar-refractivity contribution in [1.82, 2.24) is 10.3 Å². The maximum absolute atomic E-state index is 12.1. The maximum atomic E-state index is 12.1. The standard InChI is InChI=1S/C15H20N2O3S/c1-9(2)14-16-7-11(21-14)13(18)17-8-15(4,19)12-6-5-10(3)20-12/h5-7,9,19H,8H2,1-4H3,(H,17,18). The average molecular weight is 308 g/mol. The van der Waals surface area contributed by atoms with Crippen LogP contribution in [0.4, 0.5) is 0 Å².